The van der Waals surface area contributed by atoms with Gasteiger partial charge in [-0.05, 0) is 103 Å². The Hall–Kier alpha value is -4.55. The maximum absolute atomic E-state index is 6.82. The number of terminal acetylenes is 1. The van der Waals surface area contributed by atoms with E-state index in [1.807, 2.05) is 36.4 Å². The van der Waals surface area contributed by atoms with Gasteiger partial charge in [0.2, 0.25) is 0 Å². The first-order chi connectivity index (χ1) is 20.5. The van der Waals surface area contributed by atoms with E-state index in [1.54, 1.807) is 6.08 Å². The number of benzene rings is 6. The van der Waals surface area contributed by atoms with Crippen LogP contribution >= 0.6 is 27.5 Å². The lowest BCUT2D eigenvalue weighted by atomic mass is 9.95. The van der Waals surface area contributed by atoms with Crippen LogP contribution in [0.4, 0.5) is 5.69 Å². The van der Waals surface area contributed by atoms with Crippen LogP contribution in [0.1, 0.15) is 5.56 Å². The molecule has 0 atom stereocenters. The molecule has 42 heavy (non-hydrogen) atoms. The molecule has 0 heterocycles. The molecule has 0 saturated carbocycles. The summed E-state index contributed by atoms with van der Waals surface area (Å²) in [6.45, 7) is 0. The lowest BCUT2D eigenvalue weighted by molar-refractivity contribution is 1.32. The van der Waals surface area contributed by atoms with Gasteiger partial charge in [-0.2, -0.15) is 0 Å². The highest BCUT2D eigenvalue weighted by atomic mass is 79.9. The third-order valence-electron chi connectivity index (χ3n) is 7.53. The van der Waals surface area contributed by atoms with Gasteiger partial charge in [0.1, 0.15) is 0 Å². The number of fused-ring (bicyclic) bond motifs is 1. The van der Waals surface area contributed by atoms with Crippen LogP contribution in [0.3, 0.4) is 0 Å². The number of hydrogen-bond acceptors (Lipinski definition) is 1. The molecular weight excluding hydrogens is 598 g/mol. The molecule has 0 radical (unpaired) electrons. The van der Waals surface area contributed by atoms with E-state index in [4.69, 9.17) is 23.8 Å². The van der Waals surface area contributed by atoms with Crippen LogP contribution in [0, 0.1) is 12.3 Å². The first kappa shape index (κ1) is 27.6. The quantitative estimate of drug-likeness (QED) is 0.150. The van der Waals surface area contributed by atoms with E-state index in [0.29, 0.717) is 17.1 Å². The van der Waals surface area contributed by atoms with Gasteiger partial charge in [0.05, 0.1) is 0 Å². The van der Waals surface area contributed by atoms with Crippen molar-refractivity contribution >= 4 is 56.1 Å². The van der Waals surface area contributed by atoms with E-state index in [0.717, 1.165) is 53.5 Å². The molecule has 0 spiro atoms. The van der Waals surface area contributed by atoms with Gasteiger partial charge in [-0.1, -0.05) is 124 Å². The highest BCUT2D eigenvalue weighted by Crippen LogP contribution is 2.39. The number of rotatable bonds is 5. The Balaban J connectivity index is 1.38. The first-order valence-electron chi connectivity index (χ1n) is 13.7. The molecule has 0 unspecified atom stereocenters. The van der Waals surface area contributed by atoms with Gasteiger partial charge in [-0.3, -0.25) is 0 Å². The van der Waals surface area contributed by atoms with Crippen molar-refractivity contribution in [1.29, 1.82) is 0 Å². The molecule has 0 amide bonds. The predicted octanol–water partition coefficient (Wildman–Crippen LogP) is 9.28. The second-order valence-corrected chi connectivity index (χ2v) is 11.5. The predicted molar refractivity (Wildman–Crippen MR) is 185 cm³/mol. The first-order valence-corrected chi connectivity index (χ1v) is 14.9. The molecule has 0 aliphatic heterocycles. The topological polar surface area (TPSA) is 26.0 Å². The average Bonchev–Trinajstić information content (AvgIpc) is 3.02. The highest BCUT2D eigenvalue weighted by Gasteiger charge is 2.13. The Labute approximate surface area is 259 Å². The molecule has 2 N–H and O–H groups in total. The molecule has 1 nitrogen and oxygen atoms in total. The Morgan fingerprint density at radius 3 is 2.02 bits per heavy atom. The minimum Gasteiger partial charge on any atom is -0.398 e. The van der Waals surface area contributed by atoms with Crippen LogP contribution in [-0.4, -0.2) is 0 Å². The van der Waals surface area contributed by atoms with Crippen LogP contribution < -0.4 is 16.2 Å². The van der Waals surface area contributed by atoms with Crippen LogP contribution in [0.5, 0.6) is 0 Å². The molecule has 0 saturated heterocycles. The lowest BCUT2D eigenvalue weighted by Gasteiger charge is -2.14. The third kappa shape index (κ3) is 5.76. The number of nitrogen functional groups attached to an aromatic ring is 1. The van der Waals surface area contributed by atoms with Crippen molar-refractivity contribution in [2.45, 2.75) is 6.42 Å². The SMILES string of the molecule is C#C/C=c1/cc(-c2ccccc2)cc/c1=C/Cc1cc(Cl)cc(-c2cc3ccc(-c4ccccc4)cc3cc2Br)c1N. The summed E-state index contributed by atoms with van der Waals surface area (Å²) < 4.78 is 0.964. The molecular formula is C39H27BrClN. The fourth-order valence-corrected chi connectivity index (χ4v) is 6.17. The van der Waals surface area contributed by atoms with Crippen molar-refractivity contribution in [2.24, 2.45) is 0 Å². The zero-order valence-electron chi connectivity index (χ0n) is 22.8. The summed E-state index contributed by atoms with van der Waals surface area (Å²) in [6, 6.07) is 41.8. The van der Waals surface area contributed by atoms with E-state index in [2.05, 4.69) is 113 Å². The van der Waals surface area contributed by atoms with E-state index in [-0.39, 0.29) is 0 Å². The Morgan fingerprint density at radius 1 is 0.667 bits per heavy atom. The fraction of sp³-hybridized carbons (Fsp3) is 0.0256. The van der Waals surface area contributed by atoms with Gasteiger partial charge in [0, 0.05) is 20.7 Å². The average molecular weight is 625 g/mol. The molecule has 6 aromatic carbocycles. The molecule has 0 aliphatic carbocycles. The molecule has 6 aromatic rings. The Morgan fingerprint density at radius 2 is 1.33 bits per heavy atom. The monoisotopic (exact) mass is 623 g/mol. The van der Waals surface area contributed by atoms with Crippen molar-refractivity contribution in [3.63, 3.8) is 0 Å². The van der Waals surface area contributed by atoms with Crippen molar-refractivity contribution < 1.29 is 0 Å². The second kappa shape index (κ2) is 12.1. The van der Waals surface area contributed by atoms with Gasteiger partial charge < -0.3 is 5.73 Å². The molecule has 6 rings (SSSR count). The molecule has 3 heteroatoms. The van der Waals surface area contributed by atoms with E-state index in [9.17, 15) is 0 Å². The van der Waals surface area contributed by atoms with Crippen molar-refractivity contribution in [3.05, 3.63) is 147 Å². The summed E-state index contributed by atoms with van der Waals surface area (Å²) in [7, 11) is 0. The van der Waals surface area contributed by atoms with E-state index >= 15 is 0 Å². The summed E-state index contributed by atoms with van der Waals surface area (Å²) >= 11 is 10.5. The van der Waals surface area contributed by atoms with Gasteiger partial charge in [-0.25, -0.2) is 0 Å². The van der Waals surface area contributed by atoms with Crippen molar-refractivity contribution in [1.82, 2.24) is 0 Å². The molecule has 0 aromatic heterocycles. The maximum atomic E-state index is 6.82. The van der Waals surface area contributed by atoms with Crippen molar-refractivity contribution in [3.8, 4) is 45.7 Å². The summed E-state index contributed by atoms with van der Waals surface area (Å²) in [5.41, 5.74) is 15.0. The Kier molecular flexibility index (Phi) is 7.97. The highest BCUT2D eigenvalue weighted by molar-refractivity contribution is 9.10. The standard InChI is InChI=1S/C39H27BrClN/c1-2-9-29-20-30(26-10-5-3-6-11-26)16-14-28(29)15-19-33-22-35(41)25-37(39(33)42)36-23-32-18-17-31(21-34(32)24-38(36)40)27-12-7-4-8-13-27/h1,3-18,20-25H,19,42H2/b28-15-,29-9-. The van der Waals surface area contributed by atoms with Crippen LogP contribution in [0.15, 0.2) is 126 Å². The zero-order chi connectivity index (χ0) is 29.1. The molecule has 202 valence electrons. The van der Waals surface area contributed by atoms with E-state index < -0.39 is 0 Å². The minimum atomic E-state index is 0.612. The van der Waals surface area contributed by atoms with Gasteiger partial charge in [0.15, 0.2) is 0 Å². The minimum absolute atomic E-state index is 0.612. The number of hydrogen-bond donors (Lipinski definition) is 1. The third-order valence-corrected chi connectivity index (χ3v) is 8.40. The zero-order valence-corrected chi connectivity index (χ0v) is 25.2. The smallest absolute Gasteiger partial charge is 0.0430 e. The molecule has 0 aliphatic rings. The second-order valence-electron chi connectivity index (χ2n) is 10.2. The number of nitrogens with two attached hydrogens (primary N) is 1. The number of anilines is 1. The molecule has 0 fully saturated rings. The Bertz CT molecular complexity index is 2090. The largest absolute Gasteiger partial charge is 0.398 e. The van der Waals surface area contributed by atoms with Crippen LogP contribution in [-0.2, 0) is 6.42 Å². The maximum Gasteiger partial charge on any atom is 0.0430 e. The van der Waals surface area contributed by atoms with Gasteiger partial charge in [0.25, 0.3) is 0 Å². The number of halogens is 2. The lowest BCUT2D eigenvalue weighted by Crippen LogP contribution is -2.24. The summed E-state index contributed by atoms with van der Waals surface area (Å²) in [6.07, 6.45) is 10.3. The van der Waals surface area contributed by atoms with Crippen molar-refractivity contribution in [2.75, 3.05) is 5.73 Å². The summed E-state index contributed by atoms with van der Waals surface area (Å²) in [4.78, 5) is 0. The molecule has 0 bridgehead atoms. The van der Waals surface area contributed by atoms with Gasteiger partial charge in [-0.15, -0.1) is 6.42 Å². The fourth-order valence-electron chi connectivity index (χ4n) is 5.36. The van der Waals surface area contributed by atoms with Crippen LogP contribution in [0.25, 0.3) is 56.3 Å². The summed E-state index contributed by atoms with van der Waals surface area (Å²) in [5, 5.41) is 4.97. The van der Waals surface area contributed by atoms with Gasteiger partial charge >= 0.3 is 0 Å². The normalized spacial score (nSPS) is 12.0. The van der Waals surface area contributed by atoms with E-state index in [1.165, 1.54) is 11.1 Å². The summed E-state index contributed by atoms with van der Waals surface area (Å²) in [5.74, 6) is 2.69. The van der Waals surface area contributed by atoms with Crippen LogP contribution in [0.2, 0.25) is 5.02 Å².